The quantitative estimate of drug-likeness (QED) is 0.858. The Morgan fingerprint density at radius 2 is 2.10 bits per heavy atom. The maximum absolute atomic E-state index is 5.49. The van der Waals surface area contributed by atoms with Crippen molar-refractivity contribution in [2.24, 2.45) is 0 Å². The summed E-state index contributed by atoms with van der Waals surface area (Å²) in [5, 5.41) is 3.64. The van der Waals surface area contributed by atoms with E-state index in [2.05, 4.69) is 40.5 Å². The topological polar surface area (TPSA) is 33.7 Å². The minimum absolute atomic E-state index is 0.148. The van der Waals surface area contributed by atoms with Crippen molar-refractivity contribution in [3.8, 4) is 0 Å². The Hall–Kier alpha value is -0.940. The van der Waals surface area contributed by atoms with E-state index in [0.29, 0.717) is 12.6 Å². The van der Waals surface area contributed by atoms with Crippen molar-refractivity contribution in [2.75, 3.05) is 47.0 Å². The maximum atomic E-state index is 5.49. The van der Waals surface area contributed by atoms with E-state index >= 15 is 0 Å². The molecule has 1 N–H and O–H groups in total. The van der Waals surface area contributed by atoms with Gasteiger partial charge >= 0.3 is 0 Å². The summed E-state index contributed by atoms with van der Waals surface area (Å²) in [7, 11) is 3.48. The molecule has 4 nitrogen and oxygen atoms in total. The van der Waals surface area contributed by atoms with E-state index in [-0.39, 0.29) is 6.10 Å². The summed E-state index contributed by atoms with van der Waals surface area (Å²) in [5.41, 5.74) is 1.36. The predicted octanol–water partition coefficient (Wildman–Crippen LogP) is 1.68. The van der Waals surface area contributed by atoms with Gasteiger partial charge < -0.3 is 14.8 Å². The highest BCUT2D eigenvalue weighted by Gasteiger charge is 2.21. The Morgan fingerprint density at radius 3 is 2.80 bits per heavy atom. The van der Waals surface area contributed by atoms with Gasteiger partial charge in [-0.1, -0.05) is 30.3 Å². The normalized spacial score (nSPS) is 22.4. The van der Waals surface area contributed by atoms with Gasteiger partial charge in [0.25, 0.3) is 0 Å². The van der Waals surface area contributed by atoms with Crippen molar-refractivity contribution in [1.82, 2.24) is 10.2 Å². The first-order valence-corrected chi connectivity index (χ1v) is 7.36. The molecule has 2 atom stereocenters. The molecule has 2 unspecified atom stereocenters. The molecule has 1 aliphatic rings. The van der Waals surface area contributed by atoms with Crippen LogP contribution in [0.3, 0.4) is 0 Å². The van der Waals surface area contributed by atoms with Crippen molar-refractivity contribution in [1.29, 1.82) is 0 Å². The fourth-order valence-electron chi connectivity index (χ4n) is 2.74. The lowest BCUT2D eigenvalue weighted by molar-refractivity contribution is 0.00579. The number of nitrogens with one attached hydrogen (secondary N) is 1. The highest BCUT2D eigenvalue weighted by molar-refractivity contribution is 5.19. The molecule has 112 valence electrons. The second-order valence-corrected chi connectivity index (χ2v) is 5.34. The van der Waals surface area contributed by atoms with Crippen LogP contribution in [0.4, 0.5) is 0 Å². The van der Waals surface area contributed by atoms with Gasteiger partial charge in [-0.25, -0.2) is 0 Å². The summed E-state index contributed by atoms with van der Waals surface area (Å²) in [5.74, 6) is 0. The number of hydrogen-bond donors (Lipinski definition) is 1. The molecule has 0 aromatic heterocycles. The standard InChI is InChI=1S/C16H26N2O2/c1-19-13-15(20-2)11-18-10-6-9-17-16(12-18)14-7-4-3-5-8-14/h3-5,7-8,15-17H,6,9-13H2,1-2H3. The molecule has 1 heterocycles. The highest BCUT2D eigenvalue weighted by atomic mass is 16.5. The number of hydrogen-bond acceptors (Lipinski definition) is 4. The number of methoxy groups -OCH3 is 2. The van der Waals surface area contributed by atoms with E-state index in [1.807, 2.05) is 0 Å². The van der Waals surface area contributed by atoms with Gasteiger partial charge in [0.1, 0.15) is 0 Å². The summed E-state index contributed by atoms with van der Waals surface area (Å²) < 4.78 is 10.7. The Balaban J connectivity index is 1.96. The molecule has 1 aliphatic heterocycles. The van der Waals surface area contributed by atoms with E-state index in [1.165, 1.54) is 12.0 Å². The van der Waals surface area contributed by atoms with Crippen molar-refractivity contribution < 1.29 is 9.47 Å². The molecule has 20 heavy (non-hydrogen) atoms. The van der Waals surface area contributed by atoms with Crippen LogP contribution >= 0.6 is 0 Å². The third-order valence-corrected chi connectivity index (χ3v) is 3.83. The zero-order valence-corrected chi connectivity index (χ0v) is 12.5. The molecule has 0 spiro atoms. The maximum Gasteiger partial charge on any atom is 0.0931 e. The van der Waals surface area contributed by atoms with Crippen LogP contribution in [0.2, 0.25) is 0 Å². The smallest absolute Gasteiger partial charge is 0.0931 e. The molecule has 0 radical (unpaired) electrons. The first kappa shape index (κ1) is 15.4. The van der Waals surface area contributed by atoms with Crippen molar-refractivity contribution in [3.05, 3.63) is 35.9 Å². The van der Waals surface area contributed by atoms with E-state index in [1.54, 1.807) is 14.2 Å². The van der Waals surface area contributed by atoms with Gasteiger partial charge in [-0.05, 0) is 25.1 Å². The Labute approximate surface area is 122 Å². The van der Waals surface area contributed by atoms with E-state index in [4.69, 9.17) is 9.47 Å². The SMILES string of the molecule is COCC(CN1CCCNC(c2ccccc2)C1)OC. The Kier molecular flexibility index (Phi) is 6.47. The van der Waals surface area contributed by atoms with Gasteiger partial charge in [0.2, 0.25) is 0 Å². The van der Waals surface area contributed by atoms with Crippen LogP contribution in [0.5, 0.6) is 0 Å². The summed E-state index contributed by atoms with van der Waals surface area (Å²) in [6, 6.07) is 11.1. The summed E-state index contributed by atoms with van der Waals surface area (Å²) >= 11 is 0. The molecule has 4 heteroatoms. The lowest BCUT2D eigenvalue weighted by Gasteiger charge is -2.27. The van der Waals surface area contributed by atoms with E-state index < -0.39 is 0 Å². The van der Waals surface area contributed by atoms with Crippen LogP contribution in [-0.2, 0) is 9.47 Å². The molecule has 1 saturated heterocycles. The number of benzene rings is 1. The average Bonchev–Trinajstić information content (AvgIpc) is 2.73. The van der Waals surface area contributed by atoms with Gasteiger partial charge in [-0.2, -0.15) is 0 Å². The van der Waals surface area contributed by atoms with Gasteiger partial charge in [-0.3, -0.25) is 4.90 Å². The zero-order valence-electron chi connectivity index (χ0n) is 12.5. The second-order valence-electron chi connectivity index (χ2n) is 5.34. The minimum Gasteiger partial charge on any atom is -0.382 e. The lowest BCUT2D eigenvalue weighted by atomic mass is 10.1. The second kappa shape index (κ2) is 8.37. The monoisotopic (exact) mass is 278 g/mol. The summed E-state index contributed by atoms with van der Waals surface area (Å²) in [6.45, 7) is 4.78. The van der Waals surface area contributed by atoms with E-state index in [9.17, 15) is 0 Å². The number of ether oxygens (including phenoxy) is 2. The average molecular weight is 278 g/mol. The first-order chi connectivity index (χ1) is 9.83. The van der Waals surface area contributed by atoms with Crippen molar-refractivity contribution >= 4 is 0 Å². The minimum atomic E-state index is 0.148. The van der Waals surface area contributed by atoms with Gasteiger partial charge in [0.15, 0.2) is 0 Å². The number of rotatable bonds is 6. The van der Waals surface area contributed by atoms with Crippen LogP contribution in [0, 0.1) is 0 Å². The molecule has 1 fully saturated rings. The summed E-state index contributed by atoms with van der Waals surface area (Å²) in [4.78, 5) is 2.48. The van der Waals surface area contributed by atoms with Crippen molar-refractivity contribution in [2.45, 2.75) is 18.6 Å². The van der Waals surface area contributed by atoms with Crippen LogP contribution < -0.4 is 5.32 Å². The third kappa shape index (κ3) is 4.56. The first-order valence-electron chi connectivity index (χ1n) is 7.36. The van der Waals surface area contributed by atoms with Gasteiger partial charge in [0, 0.05) is 33.4 Å². The molecule has 0 amide bonds. The highest BCUT2D eigenvalue weighted by Crippen LogP contribution is 2.17. The molecule has 1 aromatic rings. The largest absolute Gasteiger partial charge is 0.382 e. The Morgan fingerprint density at radius 1 is 1.30 bits per heavy atom. The van der Waals surface area contributed by atoms with Crippen LogP contribution in [-0.4, -0.2) is 58.0 Å². The summed E-state index contributed by atoms with van der Waals surface area (Å²) in [6.07, 6.45) is 1.32. The van der Waals surface area contributed by atoms with Crippen molar-refractivity contribution in [3.63, 3.8) is 0 Å². The fraction of sp³-hybridized carbons (Fsp3) is 0.625. The van der Waals surface area contributed by atoms with Crippen LogP contribution in [0.15, 0.2) is 30.3 Å². The molecule has 0 bridgehead atoms. The van der Waals surface area contributed by atoms with Crippen LogP contribution in [0.1, 0.15) is 18.0 Å². The molecule has 0 saturated carbocycles. The predicted molar refractivity (Wildman–Crippen MR) is 80.9 cm³/mol. The Bertz CT molecular complexity index is 372. The lowest BCUT2D eigenvalue weighted by Crippen LogP contribution is -2.39. The van der Waals surface area contributed by atoms with Gasteiger partial charge in [0.05, 0.1) is 12.7 Å². The van der Waals surface area contributed by atoms with Gasteiger partial charge in [-0.15, -0.1) is 0 Å². The molecule has 0 aliphatic carbocycles. The molecule has 1 aromatic carbocycles. The zero-order chi connectivity index (χ0) is 14.2. The van der Waals surface area contributed by atoms with Crippen LogP contribution in [0.25, 0.3) is 0 Å². The number of nitrogens with zero attached hydrogens (tertiary/aromatic N) is 1. The third-order valence-electron chi connectivity index (χ3n) is 3.83. The molecular weight excluding hydrogens is 252 g/mol. The van der Waals surface area contributed by atoms with E-state index in [0.717, 1.165) is 26.2 Å². The molecular formula is C16H26N2O2. The molecule has 2 rings (SSSR count). The fourth-order valence-corrected chi connectivity index (χ4v) is 2.74.